The molecule has 0 radical (unpaired) electrons. The maximum atomic E-state index is 11.3. The van der Waals surface area contributed by atoms with Crippen LogP contribution in [0.3, 0.4) is 0 Å². The Morgan fingerprint density at radius 1 is 1.35 bits per heavy atom. The summed E-state index contributed by atoms with van der Waals surface area (Å²) in [6.45, 7) is 3.14. The van der Waals surface area contributed by atoms with Crippen molar-refractivity contribution >= 4 is 17.9 Å². The molecule has 0 unspecified atom stereocenters. The van der Waals surface area contributed by atoms with Crippen molar-refractivity contribution in [1.29, 1.82) is 0 Å². The minimum atomic E-state index is -0.338. The molecule has 0 aliphatic rings. The molecule has 0 aliphatic carbocycles. The highest BCUT2D eigenvalue weighted by molar-refractivity contribution is 7.99. The minimum absolute atomic E-state index is 0.330. The first-order valence-electron chi connectivity index (χ1n) is 5.85. The summed E-state index contributed by atoms with van der Waals surface area (Å²) in [5.41, 5.74) is 1.00. The molecule has 0 atom stereocenters. The number of carbonyl (C=O) groups is 1. The van der Waals surface area contributed by atoms with Crippen LogP contribution in [0.25, 0.3) is 0 Å². The van der Waals surface area contributed by atoms with Gasteiger partial charge in [-0.2, -0.15) is 11.8 Å². The highest BCUT2D eigenvalue weighted by Gasteiger charge is 2.01. The van der Waals surface area contributed by atoms with Gasteiger partial charge >= 0.3 is 6.09 Å². The maximum absolute atomic E-state index is 11.3. The lowest BCUT2D eigenvalue weighted by molar-refractivity contribution is 0.139. The number of ether oxygens (including phenoxy) is 1. The number of nitrogens with one attached hydrogen (secondary N) is 1. The highest BCUT2D eigenvalue weighted by Crippen LogP contribution is 2.01. The Balaban J connectivity index is 2.05. The van der Waals surface area contributed by atoms with E-state index in [4.69, 9.17) is 4.74 Å². The SMILES string of the molecule is CCSCCCNC(=O)OCc1ccccc1. The van der Waals surface area contributed by atoms with Gasteiger partial charge in [0.2, 0.25) is 0 Å². The molecule has 3 nitrogen and oxygen atoms in total. The van der Waals surface area contributed by atoms with E-state index < -0.39 is 0 Å². The Kier molecular flexibility index (Phi) is 7.30. The summed E-state index contributed by atoms with van der Waals surface area (Å²) in [6, 6.07) is 9.67. The monoisotopic (exact) mass is 253 g/mol. The first-order chi connectivity index (χ1) is 8.33. The Labute approximate surface area is 107 Å². The number of hydrogen-bond donors (Lipinski definition) is 1. The van der Waals surface area contributed by atoms with E-state index in [0.717, 1.165) is 23.5 Å². The van der Waals surface area contributed by atoms with Crippen LogP contribution in [0.2, 0.25) is 0 Å². The van der Waals surface area contributed by atoms with Crippen LogP contribution in [0.1, 0.15) is 18.9 Å². The Morgan fingerprint density at radius 2 is 2.12 bits per heavy atom. The van der Waals surface area contributed by atoms with Gasteiger partial charge in [0.15, 0.2) is 0 Å². The van der Waals surface area contributed by atoms with Crippen molar-refractivity contribution in [3.63, 3.8) is 0 Å². The standard InChI is InChI=1S/C13H19NO2S/c1-2-17-10-6-9-14-13(15)16-11-12-7-4-3-5-8-12/h3-5,7-8H,2,6,9-11H2,1H3,(H,14,15). The van der Waals surface area contributed by atoms with E-state index in [1.165, 1.54) is 0 Å². The lowest BCUT2D eigenvalue weighted by atomic mass is 10.2. The van der Waals surface area contributed by atoms with Crippen LogP contribution in [0.15, 0.2) is 30.3 Å². The van der Waals surface area contributed by atoms with Gasteiger partial charge in [-0.25, -0.2) is 4.79 Å². The molecule has 0 fully saturated rings. The van der Waals surface area contributed by atoms with Crippen LogP contribution in [-0.2, 0) is 11.3 Å². The second kappa shape index (κ2) is 8.93. The first kappa shape index (κ1) is 13.9. The van der Waals surface area contributed by atoms with E-state index in [-0.39, 0.29) is 6.09 Å². The van der Waals surface area contributed by atoms with Gasteiger partial charge in [-0.1, -0.05) is 37.3 Å². The molecule has 0 aromatic heterocycles. The molecule has 0 saturated heterocycles. The van der Waals surface area contributed by atoms with E-state index in [9.17, 15) is 4.79 Å². The molecule has 0 saturated carbocycles. The molecule has 0 aliphatic heterocycles. The topological polar surface area (TPSA) is 38.3 Å². The van der Waals surface area contributed by atoms with E-state index in [1.54, 1.807) is 0 Å². The Hall–Kier alpha value is -1.16. The van der Waals surface area contributed by atoms with Gasteiger partial charge in [0.1, 0.15) is 6.61 Å². The van der Waals surface area contributed by atoms with E-state index in [1.807, 2.05) is 42.1 Å². The Morgan fingerprint density at radius 3 is 2.82 bits per heavy atom. The molecular weight excluding hydrogens is 234 g/mol. The van der Waals surface area contributed by atoms with Gasteiger partial charge in [0.05, 0.1) is 0 Å². The maximum Gasteiger partial charge on any atom is 0.407 e. The summed E-state index contributed by atoms with van der Waals surface area (Å²) < 4.78 is 5.08. The van der Waals surface area contributed by atoms with Crippen molar-refractivity contribution in [1.82, 2.24) is 5.32 Å². The van der Waals surface area contributed by atoms with Crippen LogP contribution in [0.4, 0.5) is 4.79 Å². The molecule has 0 heterocycles. The Bertz CT molecular complexity index is 316. The van der Waals surface area contributed by atoms with Gasteiger partial charge in [-0.3, -0.25) is 0 Å². The van der Waals surface area contributed by atoms with Crippen LogP contribution in [0, 0.1) is 0 Å². The number of thioether (sulfide) groups is 1. The normalized spacial score (nSPS) is 9.94. The predicted octanol–water partition coefficient (Wildman–Crippen LogP) is 3.06. The third kappa shape index (κ3) is 6.89. The lowest BCUT2D eigenvalue weighted by Gasteiger charge is -2.06. The lowest BCUT2D eigenvalue weighted by Crippen LogP contribution is -2.25. The van der Waals surface area contributed by atoms with E-state index in [0.29, 0.717) is 13.2 Å². The average Bonchev–Trinajstić information content (AvgIpc) is 2.37. The minimum Gasteiger partial charge on any atom is -0.445 e. The van der Waals surface area contributed by atoms with Gasteiger partial charge in [-0.05, 0) is 23.5 Å². The van der Waals surface area contributed by atoms with Crippen molar-refractivity contribution in [2.24, 2.45) is 0 Å². The third-order valence-electron chi connectivity index (χ3n) is 2.15. The summed E-state index contributed by atoms with van der Waals surface area (Å²) in [5, 5.41) is 2.74. The highest BCUT2D eigenvalue weighted by atomic mass is 32.2. The number of carbonyl (C=O) groups excluding carboxylic acids is 1. The van der Waals surface area contributed by atoms with Crippen LogP contribution < -0.4 is 5.32 Å². The van der Waals surface area contributed by atoms with Crippen molar-refractivity contribution < 1.29 is 9.53 Å². The van der Waals surface area contributed by atoms with Crippen LogP contribution >= 0.6 is 11.8 Å². The average molecular weight is 253 g/mol. The molecular formula is C13H19NO2S. The number of amides is 1. The molecule has 1 aromatic carbocycles. The third-order valence-corrected chi connectivity index (χ3v) is 3.14. The summed E-state index contributed by atoms with van der Waals surface area (Å²) >= 11 is 1.88. The molecule has 4 heteroatoms. The molecule has 94 valence electrons. The number of rotatable bonds is 7. The molecule has 0 bridgehead atoms. The molecule has 1 aromatic rings. The zero-order valence-corrected chi connectivity index (χ0v) is 11.0. The van der Waals surface area contributed by atoms with Crippen LogP contribution in [0.5, 0.6) is 0 Å². The molecule has 1 amide bonds. The zero-order valence-electron chi connectivity index (χ0n) is 10.1. The van der Waals surface area contributed by atoms with E-state index >= 15 is 0 Å². The number of alkyl carbamates (subject to hydrolysis) is 1. The smallest absolute Gasteiger partial charge is 0.407 e. The second-order valence-electron chi connectivity index (χ2n) is 3.54. The van der Waals surface area contributed by atoms with Crippen molar-refractivity contribution in [2.75, 3.05) is 18.1 Å². The number of hydrogen-bond acceptors (Lipinski definition) is 3. The quantitative estimate of drug-likeness (QED) is 0.759. The molecule has 0 spiro atoms. The fraction of sp³-hybridized carbons (Fsp3) is 0.462. The fourth-order valence-electron chi connectivity index (χ4n) is 1.28. The van der Waals surface area contributed by atoms with Gasteiger partial charge in [-0.15, -0.1) is 0 Å². The molecule has 1 N–H and O–H groups in total. The molecule has 17 heavy (non-hydrogen) atoms. The van der Waals surface area contributed by atoms with Crippen molar-refractivity contribution in [3.8, 4) is 0 Å². The number of benzene rings is 1. The predicted molar refractivity (Wildman–Crippen MR) is 72.2 cm³/mol. The fourth-order valence-corrected chi connectivity index (χ4v) is 1.92. The van der Waals surface area contributed by atoms with Gasteiger partial charge in [0.25, 0.3) is 0 Å². The zero-order chi connectivity index (χ0) is 12.3. The van der Waals surface area contributed by atoms with Crippen molar-refractivity contribution in [2.45, 2.75) is 20.0 Å². The van der Waals surface area contributed by atoms with Crippen molar-refractivity contribution in [3.05, 3.63) is 35.9 Å². The summed E-state index contributed by atoms with van der Waals surface area (Å²) in [7, 11) is 0. The molecule has 1 rings (SSSR count). The summed E-state index contributed by atoms with van der Waals surface area (Å²) in [4.78, 5) is 11.3. The largest absolute Gasteiger partial charge is 0.445 e. The summed E-state index contributed by atoms with van der Waals surface area (Å²) in [5.74, 6) is 2.20. The second-order valence-corrected chi connectivity index (χ2v) is 4.93. The first-order valence-corrected chi connectivity index (χ1v) is 7.00. The summed E-state index contributed by atoms with van der Waals surface area (Å²) in [6.07, 6.45) is 0.647. The van der Waals surface area contributed by atoms with Gasteiger partial charge in [0, 0.05) is 6.54 Å². The van der Waals surface area contributed by atoms with Crippen LogP contribution in [-0.4, -0.2) is 24.1 Å². The van der Waals surface area contributed by atoms with E-state index in [2.05, 4.69) is 12.2 Å². The van der Waals surface area contributed by atoms with Gasteiger partial charge < -0.3 is 10.1 Å².